The molecular formula is C25H26FN3O3. The van der Waals surface area contributed by atoms with Gasteiger partial charge in [-0.15, -0.1) is 0 Å². The SMILES string of the molecule is COc1ccc2c(c1)N1CCN(c3ccc(F)cc3)C[C@H]1[C@@H](C(=O)NCc1ccco1)C2. The second-order valence-corrected chi connectivity index (χ2v) is 8.29. The summed E-state index contributed by atoms with van der Waals surface area (Å²) in [5, 5.41) is 3.05. The number of amides is 1. The fourth-order valence-corrected chi connectivity index (χ4v) is 4.81. The van der Waals surface area contributed by atoms with E-state index in [4.69, 9.17) is 9.15 Å². The van der Waals surface area contributed by atoms with Crippen molar-refractivity contribution in [1.29, 1.82) is 0 Å². The molecule has 1 saturated heterocycles. The average Bonchev–Trinajstić information content (AvgIpc) is 3.35. The maximum Gasteiger partial charge on any atom is 0.225 e. The summed E-state index contributed by atoms with van der Waals surface area (Å²) in [6.07, 6.45) is 2.26. The van der Waals surface area contributed by atoms with Crippen molar-refractivity contribution in [3.8, 4) is 5.75 Å². The van der Waals surface area contributed by atoms with Gasteiger partial charge in [-0.1, -0.05) is 6.07 Å². The Hall–Kier alpha value is -3.48. The topological polar surface area (TPSA) is 58.0 Å². The van der Waals surface area contributed by atoms with Crippen molar-refractivity contribution in [3.05, 3.63) is 78.0 Å². The first kappa shape index (κ1) is 20.4. The molecule has 2 aliphatic rings. The average molecular weight is 435 g/mol. The number of rotatable bonds is 5. The van der Waals surface area contributed by atoms with Crippen LogP contribution in [0.25, 0.3) is 0 Å². The van der Waals surface area contributed by atoms with Crippen LogP contribution in [0.5, 0.6) is 5.75 Å². The third-order valence-corrected chi connectivity index (χ3v) is 6.47. The first-order valence-electron chi connectivity index (χ1n) is 10.9. The number of halogens is 1. The van der Waals surface area contributed by atoms with Crippen molar-refractivity contribution in [2.24, 2.45) is 5.92 Å². The zero-order valence-electron chi connectivity index (χ0n) is 18.0. The van der Waals surface area contributed by atoms with Crippen LogP contribution in [0.4, 0.5) is 15.8 Å². The predicted octanol–water partition coefficient (Wildman–Crippen LogP) is 3.61. The van der Waals surface area contributed by atoms with Crippen LogP contribution in [0.3, 0.4) is 0 Å². The van der Waals surface area contributed by atoms with Crippen LogP contribution in [-0.2, 0) is 17.8 Å². The molecule has 0 radical (unpaired) electrons. The lowest BCUT2D eigenvalue weighted by Crippen LogP contribution is -2.61. The lowest BCUT2D eigenvalue weighted by atomic mass is 9.83. The second-order valence-electron chi connectivity index (χ2n) is 8.29. The molecular weight excluding hydrogens is 409 g/mol. The summed E-state index contributed by atoms with van der Waals surface area (Å²) in [6, 6.07) is 16.3. The molecule has 0 spiro atoms. The number of hydrogen-bond donors (Lipinski definition) is 1. The molecule has 0 bridgehead atoms. The monoisotopic (exact) mass is 435 g/mol. The number of fused-ring (bicyclic) bond motifs is 3. The standard InChI is InChI=1S/C25H26FN3O3/c1-31-20-9-4-17-13-22(25(30)27-15-21-3-2-12-32-21)24-16-28(10-11-29(24)23(17)14-20)19-7-5-18(26)6-8-19/h2-9,12,14,22,24H,10-11,13,15-16H2,1H3,(H,27,30)/t22-,24-/m0/s1. The number of nitrogens with one attached hydrogen (secondary N) is 1. The molecule has 0 unspecified atom stereocenters. The van der Waals surface area contributed by atoms with Gasteiger partial charge in [-0.25, -0.2) is 4.39 Å². The third-order valence-electron chi connectivity index (χ3n) is 6.47. The molecule has 3 heterocycles. The number of piperazine rings is 1. The van der Waals surface area contributed by atoms with Gasteiger partial charge >= 0.3 is 0 Å². The first-order chi connectivity index (χ1) is 15.6. The Morgan fingerprint density at radius 3 is 2.78 bits per heavy atom. The van der Waals surface area contributed by atoms with Crippen LogP contribution in [0.15, 0.2) is 65.3 Å². The summed E-state index contributed by atoms with van der Waals surface area (Å²) in [5.41, 5.74) is 3.25. The summed E-state index contributed by atoms with van der Waals surface area (Å²) in [5.74, 6) is 1.09. The zero-order valence-corrected chi connectivity index (χ0v) is 18.0. The highest BCUT2D eigenvalue weighted by molar-refractivity contribution is 5.82. The smallest absolute Gasteiger partial charge is 0.225 e. The number of furan rings is 1. The van der Waals surface area contributed by atoms with Gasteiger partial charge in [-0.05, 0) is 54.4 Å². The molecule has 2 aliphatic heterocycles. The summed E-state index contributed by atoms with van der Waals surface area (Å²) in [7, 11) is 1.67. The molecule has 0 saturated carbocycles. The highest BCUT2D eigenvalue weighted by atomic mass is 19.1. The molecule has 3 aromatic rings. The van der Waals surface area contributed by atoms with E-state index in [0.29, 0.717) is 19.5 Å². The van der Waals surface area contributed by atoms with Crippen molar-refractivity contribution < 1.29 is 18.3 Å². The zero-order chi connectivity index (χ0) is 22.1. The molecule has 5 rings (SSSR count). The highest BCUT2D eigenvalue weighted by Crippen LogP contribution is 2.39. The lowest BCUT2D eigenvalue weighted by Gasteiger charge is -2.49. The Morgan fingerprint density at radius 2 is 2.03 bits per heavy atom. The van der Waals surface area contributed by atoms with Gasteiger partial charge in [0.2, 0.25) is 5.91 Å². The molecule has 1 N–H and O–H groups in total. The summed E-state index contributed by atoms with van der Waals surface area (Å²) in [6.45, 7) is 2.61. The van der Waals surface area contributed by atoms with Gasteiger partial charge in [0.15, 0.2) is 0 Å². The number of ether oxygens (including phenoxy) is 1. The summed E-state index contributed by atoms with van der Waals surface area (Å²) < 4.78 is 24.2. The number of carbonyl (C=O) groups excluding carboxylic acids is 1. The Labute approximate surface area is 186 Å². The van der Waals surface area contributed by atoms with Crippen LogP contribution in [0.2, 0.25) is 0 Å². The number of benzene rings is 2. The van der Waals surface area contributed by atoms with Gasteiger partial charge in [0.1, 0.15) is 17.3 Å². The summed E-state index contributed by atoms with van der Waals surface area (Å²) in [4.78, 5) is 17.9. The maximum absolute atomic E-state index is 13.4. The lowest BCUT2D eigenvalue weighted by molar-refractivity contribution is -0.126. The van der Waals surface area contributed by atoms with Crippen LogP contribution >= 0.6 is 0 Å². The van der Waals surface area contributed by atoms with Crippen LogP contribution < -0.4 is 19.9 Å². The van der Waals surface area contributed by atoms with E-state index in [2.05, 4.69) is 27.2 Å². The fraction of sp³-hybridized carbons (Fsp3) is 0.320. The molecule has 1 amide bonds. The van der Waals surface area contributed by atoms with E-state index < -0.39 is 0 Å². The van der Waals surface area contributed by atoms with Crippen LogP contribution in [0, 0.1) is 11.7 Å². The van der Waals surface area contributed by atoms with Gasteiger partial charge in [-0.2, -0.15) is 0 Å². The van der Waals surface area contributed by atoms with Crippen molar-refractivity contribution >= 4 is 17.3 Å². The van der Waals surface area contributed by atoms with Crippen molar-refractivity contribution in [3.63, 3.8) is 0 Å². The van der Waals surface area contributed by atoms with E-state index in [0.717, 1.165) is 41.5 Å². The van der Waals surface area contributed by atoms with E-state index in [9.17, 15) is 9.18 Å². The molecule has 2 atom stereocenters. The van der Waals surface area contributed by atoms with Crippen molar-refractivity contribution in [2.45, 2.75) is 19.0 Å². The number of methoxy groups -OCH3 is 1. The Bertz CT molecular complexity index is 1080. The molecule has 1 fully saturated rings. The Kier molecular flexibility index (Phi) is 5.47. The molecule has 0 aliphatic carbocycles. The van der Waals surface area contributed by atoms with E-state index >= 15 is 0 Å². The number of anilines is 2. The minimum atomic E-state index is -0.249. The normalized spacial score (nSPS) is 19.8. The van der Waals surface area contributed by atoms with E-state index in [-0.39, 0.29) is 23.7 Å². The highest BCUT2D eigenvalue weighted by Gasteiger charge is 2.41. The second kappa shape index (κ2) is 8.57. The van der Waals surface area contributed by atoms with Crippen LogP contribution in [-0.4, -0.2) is 38.7 Å². The van der Waals surface area contributed by atoms with E-state index in [1.54, 1.807) is 25.5 Å². The largest absolute Gasteiger partial charge is 0.497 e. The van der Waals surface area contributed by atoms with Crippen LogP contribution in [0.1, 0.15) is 11.3 Å². The first-order valence-corrected chi connectivity index (χ1v) is 10.9. The van der Waals surface area contributed by atoms with Gasteiger partial charge in [0.25, 0.3) is 0 Å². The van der Waals surface area contributed by atoms with Gasteiger partial charge < -0.3 is 24.3 Å². The minimum Gasteiger partial charge on any atom is -0.497 e. The molecule has 7 heteroatoms. The number of carbonyl (C=O) groups is 1. The molecule has 32 heavy (non-hydrogen) atoms. The maximum atomic E-state index is 13.4. The van der Waals surface area contributed by atoms with Gasteiger partial charge in [-0.3, -0.25) is 4.79 Å². The quantitative estimate of drug-likeness (QED) is 0.664. The molecule has 2 aromatic carbocycles. The Morgan fingerprint density at radius 1 is 1.19 bits per heavy atom. The predicted molar refractivity (Wildman–Crippen MR) is 120 cm³/mol. The van der Waals surface area contributed by atoms with Crippen molar-refractivity contribution in [2.75, 3.05) is 36.5 Å². The van der Waals surface area contributed by atoms with Crippen molar-refractivity contribution in [1.82, 2.24) is 5.32 Å². The summed E-state index contributed by atoms with van der Waals surface area (Å²) >= 11 is 0. The Balaban J connectivity index is 1.43. The van der Waals surface area contributed by atoms with Gasteiger partial charge in [0.05, 0.1) is 31.9 Å². The molecule has 166 valence electrons. The van der Waals surface area contributed by atoms with E-state index in [1.165, 1.54) is 12.1 Å². The molecule has 6 nitrogen and oxygen atoms in total. The fourth-order valence-electron chi connectivity index (χ4n) is 4.81. The minimum absolute atomic E-state index is 0.00925. The molecule has 1 aromatic heterocycles. The van der Waals surface area contributed by atoms with E-state index in [1.807, 2.05) is 18.2 Å². The third kappa shape index (κ3) is 3.90. The number of hydrogen-bond acceptors (Lipinski definition) is 5. The number of nitrogens with zero attached hydrogens (tertiary/aromatic N) is 2. The van der Waals surface area contributed by atoms with Gasteiger partial charge in [0, 0.05) is 37.1 Å².